The summed E-state index contributed by atoms with van der Waals surface area (Å²) in [7, 11) is 2.15. The van der Waals surface area contributed by atoms with Gasteiger partial charge in [0.15, 0.2) is 0 Å². The van der Waals surface area contributed by atoms with Crippen LogP contribution in [0, 0.1) is 5.92 Å². The van der Waals surface area contributed by atoms with Gasteiger partial charge in [0.25, 0.3) is 0 Å². The monoisotopic (exact) mass is 303 g/mol. The number of piperazine rings is 1. The molecule has 3 rings (SSSR count). The third-order valence-electron chi connectivity index (χ3n) is 4.57. The first-order valence-electron chi connectivity index (χ1n) is 8.11. The highest BCUT2D eigenvalue weighted by Crippen LogP contribution is 2.26. The van der Waals surface area contributed by atoms with Gasteiger partial charge in [-0.3, -0.25) is 9.69 Å². The van der Waals surface area contributed by atoms with Crippen LogP contribution in [0.15, 0.2) is 24.3 Å². The molecule has 0 aromatic heterocycles. The van der Waals surface area contributed by atoms with Gasteiger partial charge in [-0.05, 0) is 25.1 Å². The van der Waals surface area contributed by atoms with Crippen LogP contribution >= 0.6 is 0 Å². The summed E-state index contributed by atoms with van der Waals surface area (Å²) in [5, 5.41) is 3.07. The Labute approximate surface area is 132 Å². The van der Waals surface area contributed by atoms with Crippen molar-refractivity contribution in [1.82, 2.24) is 15.1 Å². The van der Waals surface area contributed by atoms with E-state index in [0.29, 0.717) is 6.61 Å². The number of carbonyl (C=O) groups is 1. The molecule has 0 bridgehead atoms. The first-order chi connectivity index (χ1) is 10.7. The van der Waals surface area contributed by atoms with Crippen LogP contribution in [-0.2, 0) is 11.2 Å². The van der Waals surface area contributed by atoms with Gasteiger partial charge >= 0.3 is 0 Å². The quantitative estimate of drug-likeness (QED) is 0.885. The summed E-state index contributed by atoms with van der Waals surface area (Å²) < 4.78 is 5.69. The second-order valence-corrected chi connectivity index (χ2v) is 6.26. The van der Waals surface area contributed by atoms with Gasteiger partial charge < -0.3 is 15.0 Å². The maximum atomic E-state index is 12.3. The van der Waals surface area contributed by atoms with E-state index < -0.39 is 0 Å². The Hall–Kier alpha value is -1.59. The molecule has 1 amide bonds. The number of hydrogen-bond donors (Lipinski definition) is 1. The molecule has 1 aromatic carbocycles. The van der Waals surface area contributed by atoms with E-state index in [1.54, 1.807) is 0 Å². The summed E-state index contributed by atoms with van der Waals surface area (Å²) in [6.45, 7) is 6.54. The molecule has 5 nitrogen and oxygen atoms in total. The zero-order chi connectivity index (χ0) is 15.4. The molecule has 2 heterocycles. The normalized spacial score (nSPS) is 22.7. The number of likely N-dealkylation sites (N-methyl/N-ethyl adjacent to an activating group) is 1. The molecule has 0 aliphatic carbocycles. The van der Waals surface area contributed by atoms with E-state index in [0.717, 1.165) is 57.0 Å². The van der Waals surface area contributed by atoms with Gasteiger partial charge in [0.05, 0.1) is 5.92 Å². The molecular weight excluding hydrogens is 278 g/mol. The van der Waals surface area contributed by atoms with Gasteiger partial charge in [-0.2, -0.15) is 0 Å². The third-order valence-corrected chi connectivity index (χ3v) is 4.57. The van der Waals surface area contributed by atoms with Crippen molar-refractivity contribution in [2.45, 2.75) is 6.42 Å². The molecule has 1 saturated heterocycles. The fourth-order valence-electron chi connectivity index (χ4n) is 3.05. The number of amides is 1. The minimum atomic E-state index is -0.0672. The number of fused-ring (bicyclic) bond motifs is 1. The van der Waals surface area contributed by atoms with Crippen LogP contribution in [0.5, 0.6) is 5.75 Å². The molecule has 1 unspecified atom stereocenters. The maximum Gasteiger partial charge on any atom is 0.226 e. The molecule has 0 saturated carbocycles. The minimum absolute atomic E-state index is 0.0672. The largest absolute Gasteiger partial charge is 0.492 e. The zero-order valence-electron chi connectivity index (χ0n) is 13.3. The SMILES string of the molecule is CN1CCN(CCNC(=O)C2COc3ccccc3C2)CC1. The predicted molar refractivity (Wildman–Crippen MR) is 86.1 cm³/mol. The van der Waals surface area contributed by atoms with Gasteiger partial charge in [0, 0.05) is 39.3 Å². The molecule has 120 valence electrons. The Bertz CT molecular complexity index is 512. The highest BCUT2D eigenvalue weighted by atomic mass is 16.5. The van der Waals surface area contributed by atoms with Crippen molar-refractivity contribution in [3.63, 3.8) is 0 Å². The second kappa shape index (κ2) is 7.11. The lowest BCUT2D eigenvalue weighted by molar-refractivity contribution is -0.126. The molecule has 1 atom stereocenters. The number of ether oxygens (including phenoxy) is 1. The minimum Gasteiger partial charge on any atom is -0.492 e. The lowest BCUT2D eigenvalue weighted by atomic mass is 9.96. The van der Waals surface area contributed by atoms with E-state index in [1.165, 1.54) is 0 Å². The molecule has 1 N–H and O–H groups in total. The highest BCUT2D eigenvalue weighted by molar-refractivity contribution is 5.79. The van der Waals surface area contributed by atoms with Crippen LogP contribution in [0.4, 0.5) is 0 Å². The molecule has 0 radical (unpaired) electrons. The number of rotatable bonds is 4. The summed E-state index contributed by atoms with van der Waals surface area (Å²) in [5.74, 6) is 0.968. The summed E-state index contributed by atoms with van der Waals surface area (Å²) >= 11 is 0. The molecule has 2 aliphatic heterocycles. The summed E-state index contributed by atoms with van der Waals surface area (Å²) in [4.78, 5) is 17.0. The van der Waals surface area contributed by atoms with Crippen molar-refractivity contribution in [1.29, 1.82) is 0 Å². The van der Waals surface area contributed by atoms with Crippen molar-refractivity contribution >= 4 is 5.91 Å². The Kier molecular flexibility index (Phi) is 4.95. The summed E-state index contributed by atoms with van der Waals surface area (Å²) in [5.41, 5.74) is 1.13. The van der Waals surface area contributed by atoms with Crippen molar-refractivity contribution in [3.05, 3.63) is 29.8 Å². The van der Waals surface area contributed by atoms with Crippen LogP contribution in [0.25, 0.3) is 0 Å². The van der Waals surface area contributed by atoms with E-state index in [1.807, 2.05) is 24.3 Å². The molecule has 5 heteroatoms. The Balaban J connectivity index is 1.41. The molecule has 1 aromatic rings. The Morgan fingerprint density at radius 1 is 1.27 bits per heavy atom. The van der Waals surface area contributed by atoms with E-state index in [-0.39, 0.29) is 11.8 Å². The first kappa shape index (κ1) is 15.3. The highest BCUT2D eigenvalue weighted by Gasteiger charge is 2.25. The van der Waals surface area contributed by atoms with Crippen molar-refractivity contribution < 1.29 is 9.53 Å². The van der Waals surface area contributed by atoms with E-state index in [9.17, 15) is 4.79 Å². The van der Waals surface area contributed by atoms with Crippen LogP contribution < -0.4 is 10.1 Å². The maximum absolute atomic E-state index is 12.3. The average Bonchev–Trinajstić information content (AvgIpc) is 2.56. The van der Waals surface area contributed by atoms with E-state index in [4.69, 9.17) is 4.74 Å². The Morgan fingerprint density at radius 2 is 2.05 bits per heavy atom. The molecule has 0 spiro atoms. The first-order valence-corrected chi connectivity index (χ1v) is 8.11. The van der Waals surface area contributed by atoms with Crippen molar-refractivity contribution in [3.8, 4) is 5.75 Å². The van der Waals surface area contributed by atoms with Gasteiger partial charge in [-0.1, -0.05) is 18.2 Å². The van der Waals surface area contributed by atoms with Crippen molar-refractivity contribution in [2.24, 2.45) is 5.92 Å². The van der Waals surface area contributed by atoms with Crippen LogP contribution in [0.3, 0.4) is 0 Å². The van der Waals surface area contributed by atoms with Crippen LogP contribution in [-0.4, -0.2) is 68.6 Å². The van der Waals surface area contributed by atoms with Gasteiger partial charge in [-0.15, -0.1) is 0 Å². The lowest BCUT2D eigenvalue weighted by Gasteiger charge is -2.32. The molecular formula is C17H25N3O2. The van der Waals surface area contributed by atoms with E-state index in [2.05, 4.69) is 22.2 Å². The third kappa shape index (κ3) is 3.78. The fraction of sp³-hybridized carbons (Fsp3) is 0.588. The summed E-state index contributed by atoms with van der Waals surface area (Å²) in [6, 6.07) is 7.97. The number of nitrogens with zero attached hydrogens (tertiary/aromatic N) is 2. The second-order valence-electron chi connectivity index (χ2n) is 6.26. The molecule has 22 heavy (non-hydrogen) atoms. The molecule has 2 aliphatic rings. The van der Waals surface area contributed by atoms with Gasteiger partial charge in [0.1, 0.15) is 12.4 Å². The average molecular weight is 303 g/mol. The van der Waals surface area contributed by atoms with Crippen LogP contribution in [0.1, 0.15) is 5.56 Å². The standard InChI is InChI=1S/C17H25N3O2/c1-19-8-10-20(11-9-19)7-6-18-17(21)15-12-14-4-2-3-5-16(14)22-13-15/h2-5,15H,6-13H2,1H3,(H,18,21). The topological polar surface area (TPSA) is 44.8 Å². The van der Waals surface area contributed by atoms with Gasteiger partial charge in [-0.25, -0.2) is 0 Å². The predicted octanol–water partition coefficient (Wildman–Crippen LogP) is 0.601. The summed E-state index contributed by atoms with van der Waals surface area (Å²) in [6.07, 6.45) is 0.774. The zero-order valence-corrected chi connectivity index (χ0v) is 13.3. The van der Waals surface area contributed by atoms with E-state index >= 15 is 0 Å². The van der Waals surface area contributed by atoms with Crippen molar-refractivity contribution in [2.75, 3.05) is 52.9 Å². The number of nitrogens with one attached hydrogen (secondary N) is 1. The van der Waals surface area contributed by atoms with Crippen LogP contribution in [0.2, 0.25) is 0 Å². The number of hydrogen-bond acceptors (Lipinski definition) is 4. The fourth-order valence-corrected chi connectivity index (χ4v) is 3.05. The number of para-hydroxylation sites is 1. The number of benzene rings is 1. The smallest absolute Gasteiger partial charge is 0.226 e. The van der Waals surface area contributed by atoms with Gasteiger partial charge in [0.2, 0.25) is 5.91 Å². The number of carbonyl (C=O) groups excluding carboxylic acids is 1. The lowest BCUT2D eigenvalue weighted by Crippen LogP contribution is -2.47. The Morgan fingerprint density at radius 3 is 2.86 bits per heavy atom. The molecule has 1 fully saturated rings.